The molecule has 0 aliphatic carbocycles. The maximum atomic E-state index is 14.1. The lowest BCUT2D eigenvalue weighted by Gasteiger charge is -2.24. The van der Waals surface area contributed by atoms with Crippen LogP contribution in [0.3, 0.4) is 0 Å². The van der Waals surface area contributed by atoms with Crippen LogP contribution in [0.15, 0.2) is 30.6 Å². The summed E-state index contributed by atoms with van der Waals surface area (Å²) in [5, 5.41) is 3.13. The fourth-order valence-corrected chi connectivity index (χ4v) is 4.42. The maximum Gasteiger partial charge on any atom is 0.269 e. The highest BCUT2D eigenvalue weighted by atomic mass is 19.1. The number of aromatic nitrogens is 4. The lowest BCUT2D eigenvalue weighted by molar-refractivity contribution is 0.0917. The van der Waals surface area contributed by atoms with Crippen LogP contribution in [-0.4, -0.2) is 31.1 Å². The molecule has 1 unspecified atom stereocenters. The first-order chi connectivity index (χ1) is 14.6. The maximum absolute atomic E-state index is 14.1. The molecule has 0 saturated carbocycles. The van der Waals surface area contributed by atoms with E-state index in [-0.39, 0.29) is 17.5 Å². The van der Waals surface area contributed by atoms with Crippen molar-refractivity contribution in [3.05, 3.63) is 59.6 Å². The first kappa shape index (κ1) is 19.0. The van der Waals surface area contributed by atoms with Crippen LogP contribution < -0.4 is 5.32 Å². The number of carbonyl (C=O) groups excluding carboxylic acids is 1. The van der Waals surface area contributed by atoms with E-state index in [9.17, 15) is 13.6 Å². The summed E-state index contributed by atoms with van der Waals surface area (Å²) in [6.07, 6.45) is 9.14. The monoisotopic (exact) mass is 411 g/mol. The number of hydrogen-bond acceptors (Lipinski definition) is 3. The van der Waals surface area contributed by atoms with Crippen LogP contribution in [0.2, 0.25) is 0 Å². The van der Waals surface area contributed by atoms with Gasteiger partial charge in [0.1, 0.15) is 29.0 Å². The van der Waals surface area contributed by atoms with Gasteiger partial charge in [0.05, 0.1) is 11.9 Å². The number of imidazole rings is 2. The molecule has 1 N–H and O–H groups in total. The van der Waals surface area contributed by atoms with E-state index in [2.05, 4.69) is 15.3 Å². The molecule has 0 radical (unpaired) electrons. The SMILES string of the molecule is O=C(NC1CCc2nc(-c3ccc(F)cc3F)cn2C1)c1cnc2n1CCCCC2. The second kappa shape index (κ2) is 7.66. The number of amides is 1. The van der Waals surface area contributed by atoms with Crippen molar-refractivity contribution in [2.45, 2.75) is 57.7 Å². The lowest BCUT2D eigenvalue weighted by Crippen LogP contribution is -2.41. The molecule has 8 heteroatoms. The molecule has 5 rings (SSSR count). The van der Waals surface area contributed by atoms with Crippen molar-refractivity contribution in [3.63, 3.8) is 0 Å². The number of fused-ring (bicyclic) bond motifs is 2. The Morgan fingerprint density at radius 3 is 2.90 bits per heavy atom. The first-order valence-electron chi connectivity index (χ1n) is 10.5. The van der Waals surface area contributed by atoms with Crippen molar-refractivity contribution in [2.75, 3.05) is 0 Å². The summed E-state index contributed by atoms with van der Waals surface area (Å²) in [5.41, 5.74) is 1.38. The minimum Gasteiger partial charge on any atom is -0.346 e. The van der Waals surface area contributed by atoms with Crippen LogP contribution in [-0.2, 0) is 25.9 Å². The average molecular weight is 411 g/mol. The summed E-state index contributed by atoms with van der Waals surface area (Å²) >= 11 is 0. The van der Waals surface area contributed by atoms with Gasteiger partial charge in [0.2, 0.25) is 0 Å². The van der Waals surface area contributed by atoms with Crippen molar-refractivity contribution in [3.8, 4) is 11.3 Å². The Hall–Kier alpha value is -3.03. The van der Waals surface area contributed by atoms with Gasteiger partial charge in [-0.1, -0.05) is 6.42 Å². The molecule has 6 nitrogen and oxygen atoms in total. The van der Waals surface area contributed by atoms with E-state index in [1.54, 1.807) is 12.4 Å². The number of rotatable bonds is 3. The van der Waals surface area contributed by atoms with Crippen LogP contribution in [0.1, 0.15) is 47.8 Å². The first-order valence-corrected chi connectivity index (χ1v) is 10.5. The van der Waals surface area contributed by atoms with E-state index in [1.165, 1.54) is 12.1 Å². The molecule has 1 aromatic carbocycles. The predicted octanol–water partition coefficient (Wildman–Crippen LogP) is 3.50. The van der Waals surface area contributed by atoms with Gasteiger partial charge in [-0.3, -0.25) is 4.79 Å². The third kappa shape index (κ3) is 3.51. The molecular weight excluding hydrogens is 388 g/mol. The quantitative estimate of drug-likeness (QED) is 0.718. The fourth-order valence-electron chi connectivity index (χ4n) is 4.42. The smallest absolute Gasteiger partial charge is 0.269 e. The van der Waals surface area contributed by atoms with E-state index in [4.69, 9.17) is 0 Å². The van der Waals surface area contributed by atoms with E-state index >= 15 is 0 Å². The highest BCUT2D eigenvalue weighted by Gasteiger charge is 2.25. The molecule has 2 aromatic heterocycles. The van der Waals surface area contributed by atoms with Gasteiger partial charge in [-0.25, -0.2) is 18.7 Å². The number of aryl methyl sites for hydroxylation is 2. The summed E-state index contributed by atoms with van der Waals surface area (Å²) in [7, 11) is 0. The molecule has 156 valence electrons. The summed E-state index contributed by atoms with van der Waals surface area (Å²) in [6.45, 7) is 1.40. The second-order valence-electron chi connectivity index (χ2n) is 8.05. The van der Waals surface area contributed by atoms with Gasteiger partial charge >= 0.3 is 0 Å². The Morgan fingerprint density at radius 1 is 1.13 bits per heavy atom. The van der Waals surface area contributed by atoms with Gasteiger partial charge in [-0.05, 0) is 31.4 Å². The molecule has 3 aromatic rings. The van der Waals surface area contributed by atoms with Crippen LogP contribution in [0.4, 0.5) is 8.78 Å². The van der Waals surface area contributed by atoms with Crippen LogP contribution >= 0.6 is 0 Å². The van der Waals surface area contributed by atoms with Gasteiger partial charge in [-0.2, -0.15) is 0 Å². The van der Waals surface area contributed by atoms with Gasteiger partial charge in [0.15, 0.2) is 0 Å². The molecule has 0 saturated heterocycles. The van der Waals surface area contributed by atoms with E-state index in [0.717, 1.165) is 56.4 Å². The topological polar surface area (TPSA) is 64.7 Å². The Labute approximate surface area is 173 Å². The minimum atomic E-state index is -0.628. The van der Waals surface area contributed by atoms with Crippen molar-refractivity contribution < 1.29 is 13.6 Å². The van der Waals surface area contributed by atoms with Gasteiger partial charge in [0.25, 0.3) is 5.91 Å². The minimum absolute atomic E-state index is 0.0398. The molecule has 1 atom stereocenters. The lowest BCUT2D eigenvalue weighted by atomic mass is 10.1. The van der Waals surface area contributed by atoms with Crippen LogP contribution in [0.5, 0.6) is 0 Å². The standard InChI is InChI=1S/C22H23F2N5O/c23-14-5-7-16(17(24)10-14)18-13-28-12-15(6-8-21(28)27-18)26-22(30)19-11-25-20-4-2-1-3-9-29(19)20/h5,7,10-11,13,15H,1-4,6,8-9,12H2,(H,26,30). The highest BCUT2D eigenvalue weighted by molar-refractivity contribution is 5.92. The Bertz CT molecular complexity index is 1100. The van der Waals surface area contributed by atoms with Crippen LogP contribution in [0.25, 0.3) is 11.3 Å². The largest absolute Gasteiger partial charge is 0.346 e. The summed E-state index contributed by atoms with van der Waals surface area (Å²) < 4.78 is 31.3. The molecule has 4 heterocycles. The molecule has 30 heavy (non-hydrogen) atoms. The molecular formula is C22H23F2N5O. The third-order valence-corrected chi connectivity index (χ3v) is 5.99. The second-order valence-corrected chi connectivity index (χ2v) is 8.05. The Kier molecular flexibility index (Phi) is 4.84. The zero-order valence-electron chi connectivity index (χ0n) is 16.6. The zero-order chi connectivity index (χ0) is 20.7. The molecule has 2 aliphatic rings. The van der Waals surface area contributed by atoms with Crippen molar-refractivity contribution in [1.29, 1.82) is 0 Å². The number of hydrogen-bond donors (Lipinski definition) is 1. The summed E-state index contributed by atoms with van der Waals surface area (Å²) in [5.74, 6) is 0.494. The van der Waals surface area contributed by atoms with Gasteiger partial charge in [-0.15, -0.1) is 0 Å². The van der Waals surface area contributed by atoms with Crippen molar-refractivity contribution in [1.82, 2.24) is 24.4 Å². The Balaban J connectivity index is 1.31. The number of halogens is 2. The van der Waals surface area contributed by atoms with E-state index in [0.29, 0.717) is 24.4 Å². The number of nitrogens with one attached hydrogen (secondary N) is 1. The number of carbonyl (C=O) groups is 1. The van der Waals surface area contributed by atoms with Crippen molar-refractivity contribution >= 4 is 5.91 Å². The molecule has 0 spiro atoms. The molecule has 1 amide bonds. The molecule has 2 aliphatic heterocycles. The van der Waals surface area contributed by atoms with Crippen LogP contribution in [0, 0.1) is 11.6 Å². The summed E-state index contributed by atoms with van der Waals surface area (Å²) in [4.78, 5) is 21.9. The number of benzene rings is 1. The third-order valence-electron chi connectivity index (χ3n) is 5.99. The number of nitrogens with zero attached hydrogens (tertiary/aromatic N) is 4. The van der Waals surface area contributed by atoms with E-state index in [1.807, 2.05) is 9.13 Å². The highest BCUT2D eigenvalue weighted by Crippen LogP contribution is 2.26. The van der Waals surface area contributed by atoms with Crippen molar-refractivity contribution in [2.24, 2.45) is 0 Å². The Morgan fingerprint density at radius 2 is 2.03 bits per heavy atom. The van der Waals surface area contributed by atoms with Gasteiger partial charge in [0, 0.05) is 49.8 Å². The molecule has 0 bridgehead atoms. The van der Waals surface area contributed by atoms with E-state index < -0.39 is 11.6 Å². The normalized spacial score (nSPS) is 18.4. The molecule has 0 fully saturated rings. The fraction of sp³-hybridized carbons (Fsp3) is 0.409. The van der Waals surface area contributed by atoms with Gasteiger partial charge < -0.3 is 14.5 Å². The summed E-state index contributed by atoms with van der Waals surface area (Å²) in [6, 6.07) is 3.46. The zero-order valence-corrected chi connectivity index (χ0v) is 16.6. The average Bonchev–Trinajstić information content (AvgIpc) is 3.24. The predicted molar refractivity (Wildman–Crippen MR) is 107 cm³/mol.